The highest BCUT2D eigenvalue weighted by Crippen LogP contribution is 2.10. The van der Waals surface area contributed by atoms with Gasteiger partial charge in [0.15, 0.2) is 0 Å². The fraction of sp³-hybridized carbons (Fsp3) is 1.00. The molecule has 0 rings (SSSR count). The van der Waals surface area contributed by atoms with Gasteiger partial charge in [0.2, 0.25) is 0 Å². The summed E-state index contributed by atoms with van der Waals surface area (Å²) in [6.45, 7) is 6.65. The molecule has 0 aromatic carbocycles. The van der Waals surface area contributed by atoms with Gasteiger partial charge in [0.05, 0.1) is 13.1 Å². The minimum atomic E-state index is 0. The first-order valence-corrected chi connectivity index (χ1v) is 3.80. The molecular weight excluding hydrogens is 183 g/mol. The van der Waals surface area contributed by atoms with Crippen molar-refractivity contribution in [3.63, 3.8) is 0 Å². The molecule has 0 amide bonds. The quantitative estimate of drug-likeness (QED) is 0.456. The Labute approximate surface area is 81.9 Å². The first-order chi connectivity index (χ1) is 4.22. The Bertz CT molecular complexity index is 71.5. The Morgan fingerprint density at radius 1 is 1.00 bits per heavy atom. The van der Waals surface area contributed by atoms with E-state index in [1.165, 1.54) is 6.42 Å². The summed E-state index contributed by atoms with van der Waals surface area (Å²) in [6.07, 6.45) is 1.25. The molecule has 0 bridgehead atoms. The minimum absolute atomic E-state index is 0. The topological polar surface area (TPSA) is 55.3 Å². The maximum atomic E-state index is 3.87. The van der Waals surface area contributed by atoms with E-state index in [1.54, 1.807) is 0 Å². The van der Waals surface area contributed by atoms with E-state index in [4.69, 9.17) is 0 Å². The van der Waals surface area contributed by atoms with Gasteiger partial charge in [0.1, 0.15) is 0 Å². The van der Waals surface area contributed by atoms with Gasteiger partial charge in [0, 0.05) is 5.92 Å². The van der Waals surface area contributed by atoms with E-state index in [1.807, 2.05) is 0 Å². The average molecular weight is 203 g/mol. The van der Waals surface area contributed by atoms with Crippen LogP contribution in [0.15, 0.2) is 0 Å². The molecule has 0 heterocycles. The Kier molecular flexibility index (Phi) is 16.8. The second-order valence-electron chi connectivity index (χ2n) is 2.89. The normalized spacial score (nSPS) is 14.2. The summed E-state index contributed by atoms with van der Waals surface area (Å²) >= 11 is 0. The first kappa shape index (κ1) is 17.5. The third kappa shape index (κ3) is 8.41. The molecule has 0 spiro atoms. The summed E-state index contributed by atoms with van der Waals surface area (Å²) in [7, 11) is 0. The Hall–Kier alpha value is 0.500. The zero-order valence-corrected chi connectivity index (χ0v) is 8.96. The number of halogens is 2. The van der Waals surface area contributed by atoms with Crippen LogP contribution < -0.4 is 36.3 Å². The highest BCUT2D eigenvalue weighted by Gasteiger charge is 2.10. The first-order valence-electron chi connectivity index (χ1n) is 3.80. The Morgan fingerprint density at radius 3 is 1.73 bits per heavy atom. The van der Waals surface area contributed by atoms with E-state index in [-0.39, 0.29) is 24.8 Å². The molecule has 2 unspecified atom stereocenters. The molecule has 11 heavy (non-hydrogen) atoms. The van der Waals surface area contributed by atoms with E-state index in [0.717, 1.165) is 24.9 Å². The second-order valence-corrected chi connectivity index (χ2v) is 2.89. The van der Waals surface area contributed by atoms with Crippen LogP contribution >= 0.6 is 0 Å². The largest absolute Gasteiger partial charge is 1.00 e. The van der Waals surface area contributed by atoms with Crippen LogP contribution in [0, 0.1) is 11.8 Å². The smallest absolute Gasteiger partial charge is 0.0768 e. The van der Waals surface area contributed by atoms with Gasteiger partial charge in [-0.15, -0.1) is 0 Å². The zero-order chi connectivity index (χ0) is 7.28. The molecule has 4 heteroatoms. The zero-order valence-electron chi connectivity index (χ0n) is 7.45. The van der Waals surface area contributed by atoms with Crippen molar-refractivity contribution in [1.82, 2.24) is 0 Å². The lowest BCUT2D eigenvalue weighted by Gasteiger charge is -2.13. The van der Waals surface area contributed by atoms with E-state index in [9.17, 15) is 0 Å². The van der Waals surface area contributed by atoms with Crippen molar-refractivity contribution in [3.8, 4) is 0 Å². The van der Waals surface area contributed by atoms with Gasteiger partial charge in [-0.05, 0) is 12.3 Å². The predicted octanol–water partition coefficient (Wildman–Crippen LogP) is -6.86. The van der Waals surface area contributed by atoms with Gasteiger partial charge in [0.25, 0.3) is 0 Å². The fourth-order valence-corrected chi connectivity index (χ4v) is 0.891. The summed E-state index contributed by atoms with van der Waals surface area (Å²) in [5, 5.41) is 0. The lowest BCUT2D eigenvalue weighted by Crippen LogP contribution is -3.00. The Morgan fingerprint density at radius 2 is 1.45 bits per heavy atom. The van der Waals surface area contributed by atoms with Crippen LogP contribution in [0.5, 0.6) is 0 Å². The van der Waals surface area contributed by atoms with Crippen molar-refractivity contribution < 1.29 is 36.3 Å². The Balaban J connectivity index is -0.000000320. The molecule has 0 fully saturated rings. The second kappa shape index (κ2) is 10.5. The van der Waals surface area contributed by atoms with Gasteiger partial charge >= 0.3 is 0 Å². The van der Waals surface area contributed by atoms with Crippen molar-refractivity contribution in [3.05, 3.63) is 0 Å². The van der Waals surface area contributed by atoms with Crippen LogP contribution in [0.25, 0.3) is 0 Å². The summed E-state index contributed by atoms with van der Waals surface area (Å²) < 4.78 is 0. The standard InChI is InChI=1S/C7H18N2.2ClH/c1-6(3-4-8)7(2)5-9;;/h6-7H,3-5,8-9H2,1-2H3;2*1H. The fourth-order valence-electron chi connectivity index (χ4n) is 0.891. The predicted molar refractivity (Wildman–Crippen MR) is 38.5 cm³/mol. The number of hydrogen-bond donors (Lipinski definition) is 2. The van der Waals surface area contributed by atoms with E-state index in [0.29, 0.717) is 0 Å². The SMILES string of the molecule is CC(C[NH3+])C(C)CC[NH3+].[Cl-].[Cl-]. The van der Waals surface area contributed by atoms with Crippen molar-refractivity contribution in [1.29, 1.82) is 0 Å². The molecule has 2 nitrogen and oxygen atoms in total. The molecule has 0 aliphatic rings. The lowest BCUT2D eigenvalue weighted by molar-refractivity contribution is -0.385. The van der Waals surface area contributed by atoms with E-state index < -0.39 is 0 Å². The average Bonchev–Trinajstić information content (AvgIpc) is 1.87. The van der Waals surface area contributed by atoms with E-state index >= 15 is 0 Å². The van der Waals surface area contributed by atoms with Crippen LogP contribution in [0.1, 0.15) is 20.3 Å². The minimum Gasteiger partial charge on any atom is -1.00 e. The summed E-state index contributed by atoms with van der Waals surface area (Å²) in [5.74, 6) is 1.58. The van der Waals surface area contributed by atoms with Crippen LogP contribution in [-0.2, 0) is 0 Å². The molecule has 0 radical (unpaired) electrons. The molecule has 2 atom stereocenters. The van der Waals surface area contributed by atoms with Crippen LogP contribution in [-0.4, -0.2) is 13.1 Å². The van der Waals surface area contributed by atoms with Crippen LogP contribution in [0.4, 0.5) is 0 Å². The van der Waals surface area contributed by atoms with E-state index in [2.05, 4.69) is 25.3 Å². The molecule has 0 aromatic rings. The number of hydrogen-bond acceptors (Lipinski definition) is 0. The van der Waals surface area contributed by atoms with Gasteiger partial charge in [-0.1, -0.05) is 13.8 Å². The van der Waals surface area contributed by atoms with Gasteiger partial charge < -0.3 is 36.3 Å². The maximum Gasteiger partial charge on any atom is 0.0768 e. The third-order valence-electron chi connectivity index (χ3n) is 2.09. The molecule has 0 aliphatic carbocycles. The highest BCUT2D eigenvalue weighted by molar-refractivity contribution is 4.58. The third-order valence-corrected chi connectivity index (χ3v) is 2.09. The highest BCUT2D eigenvalue weighted by atomic mass is 35.5. The van der Waals surface area contributed by atoms with Gasteiger partial charge in [-0.2, -0.15) is 0 Å². The monoisotopic (exact) mass is 202 g/mol. The maximum absolute atomic E-state index is 3.87. The molecule has 72 valence electrons. The molecule has 0 aliphatic heterocycles. The number of rotatable bonds is 4. The van der Waals surface area contributed by atoms with Crippen molar-refractivity contribution in [2.24, 2.45) is 11.8 Å². The molecule has 0 saturated carbocycles. The van der Waals surface area contributed by atoms with Crippen molar-refractivity contribution in [2.45, 2.75) is 20.3 Å². The molecular formula is C7H20Cl2N2. The number of quaternary nitrogens is 2. The van der Waals surface area contributed by atoms with Crippen LogP contribution in [0.3, 0.4) is 0 Å². The molecule has 0 aromatic heterocycles. The lowest BCUT2D eigenvalue weighted by atomic mass is 9.93. The summed E-state index contributed by atoms with van der Waals surface area (Å²) in [4.78, 5) is 0. The summed E-state index contributed by atoms with van der Waals surface area (Å²) in [6, 6.07) is 0. The van der Waals surface area contributed by atoms with Crippen molar-refractivity contribution in [2.75, 3.05) is 13.1 Å². The van der Waals surface area contributed by atoms with Crippen LogP contribution in [0.2, 0.25) is 0 Å². The summed E-state index contributed by atoms with van der Waals surface area (Å²) in [5.41, 5.74) is 7.69. The molecule has 6 N–H and O–H groups in total. The van der Waals surface area contributed by atoms with Crippen molar-refractivity contribution >= 4 is 0 Å². The van der Waals surface area contributed by atoms with Gasteiger partial charge in [-0.25, -0.2) is 0 Å². The molecule has 0 saturated heterocycles. The van der Waals surface area contributed by atoms with Gasteiger partial charge in [-0.3, -0.25) is 0 Å².